The van der Waals surface area contributed by atoms with Crippen LogP contribution in [0.1, 0.15) is 30.9 Å². The van der Waals surface area contributed by atoms with E-state index in [4.69, 9.17) is 15.2 Å². The highest BCUT2D eigenvalue weighted by Crippen LogP contribution is 2.35. The zero-order chi connectivity index (χ0) is 25.4. The lowest BCUT2D eigenvalue weighted by molar-refractivity contribution is -0.124. The molecule has 2 aliphatic heterocycles. The molecule has 10 heteroatoms. The van der Waals surface area contributed by atoms with Crippen LogP contribution >= 0.6 is 0 Å². The highest BCUT2D eigenvalue weighted by atomic mass is 19.1. The summed E-state index contributed by atoms with van der Waals surface area (Å²) in [5.74, 6) is 1.04. The Kier molecular flexibility index (Phi) is 6.17. The lowest BCUT2D eigenvalue weighted by atomic mass is 10.0. The van der Waals surface area contributed by atoms with Crippen LogP contribution in [-0.2, 0) is 4.79 Å². The Balaban J connectivity index is 1.28. The highest BCUT2D eigenvalue weighted by molar-refractivity contribution is 5.77. The topological polar surface area (TPSA) is 98.9 Å². The molecule has 2 N–H and O–H groups in total. The van der Waals surface area contributed by atoms with Gasteiger partial charge in [0.05, 0.1) is 17.9 Å². The summed E-state index contributed by atoms with van der Waals surface area (Å²) >= 11 is 0. The van der Waals surface area contributed by atoms with E-state index >= 15 is 0 Å². The number of imidazole rings is 1. The predicted octanol–water partition coefficient (Wildman–Crippen LogP) is 2.96. The van der Waals surface area contributed by atoms with E-state index in [9.17, 15) is 9.18 Å². The number of rotatable bonds is 6. The molecule has 0 bridgehead atoms. The number of benzene rings is 1. The van der Waals surface area contributed by atoms with Gasteiger partial charge in [0, 0.05) is 25.7 Å². The molecular formula is C27H28FN7O2. The second kappa shape index (κ2) is 9.78. The maximum Gasteiger partial charge on any atom is 0.245 e. The van der Waals surface area contributed by atoms with Gasteiger partial charge in [0.1, 0.15) is 29.8 Å². The number of fused-ring (bicyclic) bond motifs is 1. The number of amides is 1. The molecule has 2 aliphatic rings. The Morgan fingerprint density at radius 2 is 1.97 bits per heavy atom. The molecule has 0 radical (unpaired) electrons. The Morgan fingerprint density at radius 3 is 2.84 bits per heavy atom. The fourth-order valence-electron chi connectivity index (χ4n) is 5.39. The van der Waals surface area contributed by atoms with Crippen molar-refractivity contribution in [3.8, 4) is 11.4 Å². The fraction of sp³-hybridized carbons (Fsp3) is 0.333. The Morgan fingerprint density at radius 1 is 1.08 bits per heavy atom. The minimum absolute atomic E-state index is 0.0170. The molecule has 2 fully saturated rings. The number of nitrogens with zero attached hydrogens (tertiary/aromatic N) is 6. The molecule has 6 rings (SSSR count). The summed E-state index contributed by atoms with van der Waals surface area (Å²) in [4.78, 5) is 25.3. The van der Waals surface area contributed by atoms with Gasteiger partial charge in [-0.1, -0.05) is 18.2 Å². The van der Waals surface area contributed by atoms with Crippen LogP contribution in [0.25, 0.3) is 17.0 Å². The molecule has 1 amide bonds. The van der Waals surface area contributed by atoms with Crippen molar-refractivity contribution in [2.24, 2.45) is 0 Å². The molecule has 1 aromatic carbocycles. The number of aliphatic hydroxyl groups excluding tert-OH is 1. The van der Waals surface area contributed by atoms with E-state index in [1.165, 1.54) is 6.07 Å². The molecule has 2 saturated heterocycles. The molecular weight excluding hydrogens is 473 g/mol. The summed E-state index contributed by atoms with van der Waals surface area (Å²) in [7, 11) is 0. The van der Waals surface area contributed by atoms with E-state index in [-0.39, 0.29) is 23.8 Å². The zero-order valence-electron chi connectivity index (χ0n) is 20.3. The first-order valence-corrected chi connectivity index (χ1v) is 12.6. The maximum atomic E-state index is 13.9. The van der Waals surface area contributed by atoms with Crippen LogP contribution in [-0.4, -0.2) is 62.9 Å². The van der Waals surface area contributed by atoms with E-state index in [1.807, 2.05) is 40.9 Å². The standard InChI is InChI=1S/C27H28FN7O2/c28-19-5-1-4-18(14-19)22-7-3-12-34(22)26-10-9-24-29-15-23(35(24)32-26)21-6-2-8-25(31-21)33-13-11-20(16-33)30-27(37)17-36/h1-2,4-6,8-10,14-15,20,22,36H,3,7,11-13,16-17H2,(H,30,37)/t20-,22?/m1/s1. The van der Waals surface area contributed by atoms with Crippen LogP contribution in [0.2, 0.25) is 0 Å². The van der Waals surface area contributed by atoms with Crippen molar-refractivity contribution in [1.29, 1.82) is 0 Å². The van der Waals surface area contributed by atoms with Gasteiger partial charge in [-0.3, -0.25) is 4.79 Å². The number of halogens is 1. The first-order chi connectivity index (χ1) is 18.1. The second-order valence-electron chi connectivity index (χ2n) is 9.55. The number of carbonyl (C=O) groups excluding carboxylic acids is 1. The normalized spacial score (nSPS) is 19.6. The first-order valence-electron chi connectivity index (χ1n) is 12.6. The lowest BCUT2D eigenvalue weighted by Crippen LogP contribution is -2.38. The number of aromatic nitrogens is 4. The monoisotopic (exact) mass is 501 g/mol. The lowest BCUT2D eigenvalue weighted by Gasteiger charge is -2.26. The summed E-state index contributed by atoms with van der Waals surface area (Å²) in [5, 5.41) is 16.8. The first kappa shape index (κ1) is 23.4. The summed E-state index contributed by atoms with van der Waals surface area (Å²) in [5.41, 5.74) is 3.21. The summed E-state index contributed by atoms with van der Waals surface area (Å²) < 4.78 is 15.7. The van der Waals surface area contributed by atoms with E-state index in [0.29, 0.717) is 6.54 Å². The van der Waals surface area contributed by atoms with Gasteiger partial charge in [-0.25, -0.2) is 18.9 Å². The second-order valence-corrected chi connectivity index (χ2v) is 9.55. The van der Waals surface area contributed by atoms with Crippen LogP contribution < -0.4 is 15.1 Å². The molecule has 37 heavy (non-hydrogen) atoms. The van der Waals surface area contributed by atoms with Gasteiger partial charge in [0.15, 0.2) is 5.65 Å². The minimum atomic E-state index is -0.506. The van der Waals surface area contributed by atoms with Crippen molar-refractivity contribution in [3.05, 3.63) is 72.2 Å². The van der Waals surface area contributed by atoms with E-state index in [2.05, 4.69) is 20.1 Å². The molecule has 1 unspecified atom stereocenters. The summed E-state index contributed by atoms with van der Waals surface area (Å²) in [6.07, 6.45) is 4.52. The Hall–Kier alpha value is -4.05. The Labute approximate surface area is 213 Å². The third-order valence-corrected chi connectivity index (χ3v) is 7.15. The number of carbonyl (C=O) groups is 1. The number of pyridine rings is 1. The molecule has 0 spiro atoms. The number of hydrogen-bond acceptors (Lipinski definition) is 7. The summed E-state index contributed by atoms with van der Waals surface area (Å²) in [6, 6.07) is 16.6. The van der Waals surface area contributed by atoms with Crippen molar-refractivity contribution < 1.29 is 14.3 Å². The number of nitrogens with one attached hydrogen (secondary N) is 1. The largest absolute Gasteiger partial charge is 0.387 e. The maximum absolute atomic E-state index is 13.9. The van der Waals surface area contributed by atoms with E-state index in [1.54, 1.807) is 18.3 Å². The van der Waals surface area contributed by atoms with Crippen LogP contribution in [0, 0.1) is 5.82 Å². The zero-order valence-corrected chi connectivity index (χ0v) is 20.3. The SMILES string of the molecule is O=C(CO)N[C@@H]1CCN(c2cccc(-c3cnc4ccc(N5CCCC5c5cccc(F)c5)nn34)n2)C1. The van der Waals surface area contributed by atoms with Gasteiger partial charge in [-0.05, 0) is 61.2 Å². The van der Waals surface area contributed by atoms with Crippen LogP contribution in [0.3, 0.4) is 0 Å². The third kappa shape index (κ3) is 4.60. The molecule has 9 nitrogen and oxygen atoms in total. The summed E-state index contributed by atoms with van der Waals surface area (Å²) in [6.45, 7) is 1.74. The average Bonchev–Trinajstić information content (AvgIpc) is 3.68. The average molecular weight is 502 g/mol. The van der Waals surface area contributed by atoms with Crippen molar-refractivity contribution in [1.82, 2.24) is 24.9 Å². The smallest absolute Gasteiger partial charge is 0.245 e. The molecule has 0 saturated carbocycles. The molecule has 3 aromatic heterocycles. The number of hydrogen-bond donors (Lipinski definition) is 2. The Bertz CT molecular complexity index is 1440. The predicted molar refractivity (Wildman–Crippen MR) is 138 cm³/mol. The van der Waals surface area contributed by atoms with Gasteiger partial charge in [0.25, 0.3) is 0 Å². The number of anilines is 2. The molecule has 190 valence electrons. The van der Waals surface area contributed by atoms with Crippen LogP contribution in [0.15, 0.2) is 60.8 Å². The molecule has 4 aromatic rings. The van der Waals surface area contributed by atoms with E-state index < -0.39 is 6.61 Å². The molecule has 2 atom stereocenters. The van der Waals surface area contributed by atoms with Gasteiger partial charge >= 0.3 is 0 Å². The van der Waals surface area contributed by atoms with Crippen molar-refractivity contribution in [2.75, 3.05) is 36.0 Å². The number of aliphatic hydroxyl groups is 1. The van der Waals surface area contributed by atoms with Crippen molar-refractivity contribution in [2.45, 2.75) is 31.3 Å². The van der Waals surface area contributed by atoms with Gasteiger partial charge in [-0.15, -0.1) is 5.10 Å². The van der Waals surface area contributed by atoms with Crippen molar-refractivity contribution >= 4 is 23.2 Å². The van der Waals surface area contributed by atoms with E-state index in [0.717, 1.165) is 66.6 Å². The fourth-order valence-corrected chi connectivity index (χ4v) is 5.39. The quantitative estimate of drug-likeness (QED) is 0.419. The van der Waals surface area contributed by atoms with Crippen LogP contribution in [0.4, 0.5) is 16.0 Å². The molecule has 5 heterocycles. The van der Waals surface area contributed by atoms with Gasteiger partial charge < -0.3 is 20.2 Å². The van der Waals surface area contributed by atoms with Gasteiger partial charge in [0.2, 0.25) is 5.91 Å². The van der Waals surface area contributed by atoms with Crippen molar-refractivity contribution in [3.63, 3.8) is 0 Å². The highest BCUT2D eigenvalue weighted by Gasteiger charge is 2.28. The van der Waals surface area contributed by atoms with Gasteiger partial charge in [-0.2, -0.15) is 0 Å². The third-order valence-electron chi connectivity index (χ3n) is 7.15. The molecule has 0 aliphatic carbocycles. The van der Waals surface area contributed by atoms with Crippen LogP contribution in [0.5, 0.6) is 0 Å². The minimum Gasteiger partial charge on any atom is -0.387 e.